The maximum absolute atomic E-state index is 12.5. The largest absolute Gasteiger partial charge is 0.343 e. The summed E-state index contributed by atoms with van der Waals surface area (Å²) in [5.41, 5.74) is 2.03. The Labute approximate surface area is 134 Å². The van der Waals surface area contributed by atoms with Gasteiger partial charge >= 0.3 is 0 Å². The van der Waals surface area contributed by atoms with Crippen LogP contribution >= 0.6 is 11.5 Å². The molecule has 0 atom stereocenters. The van der Waals surface area contributed by atoms with Gasteiger partial charge in [0.25, 0.3) is 5.91 Å². The molecule has 1 aliphatic rings. The molecule has 1 aromatic heterocycles. The standard InChI is InChI=1S/C16H20N4OS/c1-3-13-4-6-14(7-5-13)15(21)19-8-10-20(11-9-19)16-17-12(2)18-22-16/h4-7H,3,8-11H2,1-2H3. The van der Waals surface area contributed by atoms with Crippen LogP contribution in [-0.2, 0) is 6.42 Å². The Balaban J connectivity index is 1.61. The highest BCUT2D eigenvalue weighted by atomic mass is 32.1. The van der Waals surface area contributed by atoms with Gasteiger partial charge in [0.1, 0.15) is 5.82 Å². The molecule has 3 rings (SSSR count). The van der Waals surface area contributed by atoms with Gasteiger partial charge in [-0.05, 0) is 31.0 Å². The number of hydrogen-bond donors (Lipinski definition) is 0. The summed E-state index contributed by atoms with van der Waals surface area (Å²) in [4.78, 5) is 21.1. The van der Waals surface area contributed by atoms with Crippen molar-refractivity contribution < 1.29 is 4.79 Å². The smallest absolute Gasteiger partial charge is 0.253 e. The van der Waals surface area contributed by atoms with Crippen molar-refractivity contribution in [3.8, 4) is 0 Å². The molecular weight excluding hydrogens is 296 g/mol. The number of hydrogen-bond acceptors (Lipinski definition) is 5. The molecule has 1 aliphatic heterocycles. The highest BCUT2D eigenvalue weighted by molar-refractivity contribution is 7.09. The van der Waals surface area contributed by atoms with Crippen LogP contribution in [0.5, 0.6) is 0 Å². The van der Waals surface area contributed by atoms with E-state index in [-0.39, 0.29) is 5.91 Å². The number of benzene rings is 1. The fourth-order valence-corrected chi connectivity index (χ4v) is 3.31. The zero-order valence-electron chi connectivity index (χ0n) is 13.0. The summed E-state index contributed by atoms with van der Waals surface area (Å²) in [5, 5.41) is 0.955. The van der Waals surface area contributed by atoms with E-state index in [9.17, 15) is 4.79 Å². The number of carbonyl (C=O) groups is 1. The number of aryl methyl sites for hydroxylation is 2. The third kappa shape index (κ3) is 3.11. The number of piperazine rings is 1. The third-order valence-electron chi connectivity index (χ3n) is 3.96. The van der Waals surface area contributed by atoms with Crippen molar-refractivity contribution in [3.05, 3.63) is 41.2 Å². The van der Waals surface area contributed by atoms with Crippen molar-refractivity contribution in [2.24, 2.45) is 0 Å². The van der Waals surface area contributed by atoms with Crippen LogP contribution in [0.25, 0.3) is 0 Å². The van der Waals surface area contributed by atoms with Gasteiger partial charge in [-0.15, -0.1) is 0 Å². The minimum atomic E-state index is 0.121. The van der Waals surface area contributed by atoms with Crippen LogP contribution in [-0.4, -0.2) is 46.3 Å². The van der Waals surface area contributed by atoms with Gasteiger partial charge in [0.2, 0.25) is 5.13 Å². The lowest BCUT2D eigenvalue weighted by Crippen LogP contribution is -2.48. The number of anilines is 1. The monoisotopic (exact) mass is 316 g/mol. The highest BCUT2D eigenvalue weighted by Crippen LogP contribution is 2.19. The van der Waals surface area contributed by atoms with Crippen LogP contribution in [0.1, 0.15) is 28.7 Å². The minimum Gasteiger partial charge on any atom is -0.343 e. The molecule has 116 valence electrons. The maximum Gasteiger partial charge on any atom is 0.253 e. The number of amides is 1. The van der Waals surface area contributed by atoms with Gasteiger partial charge in [-0.2, -0.15) is 4.37 Å². The van der Waals surface area contributed by atoms with Gasteiger partial charge in [-0.25, -0.2) is 4.98 Å². The fourth-order valence-electron chi connectivity index (χ4n) is 2.58. The number of rotatable bonds is 3. The van der Waals surface area contributed by atoms with Gasteiger partial charge in [0.05, 0.1) is 0 Å². The van der Waals surface area contributed by atoms with Crippen LogP contribution in [0.4, 0.5) is 5.13 Å². The average molecular weight is 316 g/mol. The lowest BCUT2D eigenvalue weighted by molar-refractivity contribution is 0.0747. The summed E-state index contributed by atoms with van der Waals surface area (Å²) in [5.74, 6) is 0.935. The number of nitrogens with zero attached hydrogens (tertiary/aromatic N) is 4. The molecule has 1 aromatic carbocycles. The molecule has 0 unspecified atom stereocenters. The number of aromatic nitrogens is 2. The molecule has 1 amide bonds. The summed E-state index contributed by atoms with van der Waals surface area (Å²) in [6.07, 6.45) is 0.994. The molecule has 0 N–H and O–H groups in total. The third-order valence-corrected chi connectivity index (χ3v) is 4.83. The van der Waals surface area contributed by atoms with Gasteiger partial charge < -0.3 is 9.80 Å². The van der Waals surface area contributed by atoms with Crippen LogP contribution in [0, 0.1) is 6.92 Å². The minimum absolute atomic E-state index is 0.121. The lowest BCUT2D eigenvalue weighted by Gasteiger charge is -2.34. The molecule has 6 heteroatoms. The Morgan fingerprint density at radius 2 is 1.86 bits per heavy atom. The van der Waals surface area contributed by atoms with Crippen LogP contribution < -0.4 is 4.90 Å². The summed E-state index contributed by atoms with van der Waals surface area (Å²) >= 11 is 1.43. The van der Waals surface area contributed by atoms with E-state index >= 15 is 0 Å². The van der Waals surface area contributed by atoms with Crippen molar-refractivity contribution in [3.63, 3.8) is 0 Å². The van der Waals surface area contributed by atoms with Gasteiger partial charge in [0.15, 0.2) is 0 Å². The summed E-state index contributed by atoms with van der Waals surface area (Å²) < 4.78 is 4.22. The first kappa shape index (κ1) is 15.0. The van der Waals surface area contributed by atoms with E-state index in [1.165, 1.54) is 17.1 Å². The predicted molar refractivity (Wildman–Crippen MR) is 88.6 cm³/mol. The van der Waals surface area contributed by atoms with Crippen molar-refractivity contribution in [1.82, 2.24) is 14.3 Å². The normalized spacial score (nSPS) is 15.2. The second-order valence-electron chi connectivity index (χ2n) is 5.45. The first-order chi connectivity index (χ1) is 10.7. The molecule has 2 aromatic rings. The summed E-state index contributed by atoms with van der Waals surface area (Å²) in [6, 6.07) is 7.93. The number of carbonyl (C=O) groups excluding carboxylic acids is 1. The molecule has 22 heavy (non-hydrogen) atoms. The summed E-state index contributed by atoms with van der Waals surface area (Å²) in [7, 11) is 0. The van der Waals surface area contributed by atoms with Crippen molar-refractivity contribution >= 4 is 22.6 Å². The van der Waals surface area contributed by atoms with Gasteiger partial charge in [0, 0.05) is 43.3 Å². The summed E-state index contributed by atoms with van der Waals surface area (Å²) in [6.45, 7) is 7.10. The van der Waals surface area contributed by atoms with E-state index in [0.717, 1.165) is 49.1 Å². The van der Waals surface area contributed by atoms with Crippen molar-refractivity contribution in [1.29, 1.82) is 0 Å². The molecule has 0 radical (unpaired) electrons. The molecule has 5 nitrogen and oxygen atoms in total. The molecular formula is C16H20N4OS. The molecule has 1 fully saturated rings. The van der Waals surface area contributed by atoms with Crippen LogP contribution in [0.15, 0.2) is 24.3 Å². The lowest BCUT2D eigenvalue weighted by atomic mass is 10.1. The van der Waals surface area contributed by atoms with Gasteiger partial charge in [-0.1, -0.05) is 19.1 Å². The fraction of sp³-hybridized carbons (Fsp3) is 0.438. The molecule has 0 aliphatic carbocycles. The predicted octanol–water partition coefficient (Wildman–Crippen LogP) is 2.37. The van der Waals surface area contributed by atoms with E-state index < -0.39 is 0 Å². The molecule has 0 spiro atoms. The van der Waals surface area contributed by atoms with E-state index in [1.54, 1.807) is 0 Å². The molecule has 0 bridgehead atoms. The van der Waals surface area contributed by atoms with Crippen LogP contribution in [0.2, 0.25) is 0 Å². The Hall–Kier alpha value is -1.95. The maximum atomic E-state index is 12.5. The Kier molecular flexibility index (Phi) is 4.38. The molecule has 0 saturated carbocycles. The van der Waals surface area contributed by atoms with Crippen molar-refractivity contribution in [2.45, 2.75) is 20.3 Å². The van der Waals surface area contributed by atoms with Gasteiger partial charge in [-0.3, -0.25) is 4.79 Å². The first-order valence-electron chi connectivity index (χ1n) is 7.61. The average Bonchev–Trinajstić information content (AvgIpc) is 3.01. The topological polar surface area (TPSA) is 49.3 Å². The Morgan fingerprint density at radius 1 is 1.18 bits per heavy atom. The SMILES string of the molecule is CCc1ccc(C(=O)N2CCN(c3nc(C)ns3)CC2)cc1. The quantitative estimate of drug-likeness (QED) is 0.872. The Bertz CT molecular complexity index is 644. The van der Waals surface area contributed by atoms with Crippen LogP contribution in [0.3, 0.4) is 0 Å². The zero-order valence-corrected chi connectivity index (χ0v) is 13.8. The van der Waals surface area contributed by atoms with E-state index in [4.69, 9.17) is 0 Å². The van der Waals surface area contributed by atoms with Crippen molar-refractivity contribution in [2.75, 3.05) is 31.1 Å². The molecule has 1 saturated heterocycles. The van der Waals surface area contributed by atoms with E-state index in [0.29, 0.717) is 0 Å². The Morgan fingerprint density at radius 3 is 2.41 bits per heavy atom. The second-order valence-corrected chi connectivity index (χ2v) is 6.18. The second kappa shape index (κ2) is 6.44. The van der Waals surface area contributed by atoms with E-state index in [1.807, 2.05) is 36.1 Å². The first-order valence-corrected chi connectivity index (χ1v) is 8.38. The molecule has 2 heterocycles. The van der Waals surface area contributed by atoms with E-state index in [2.05, 4.69) is 21.2 Å². The highest BCUT2D eigenvalue weighted by Gasteiger charge is 2.23. The zero-order chi connectivity index (χ0) is 15.5.